The number of likely N-dealkylation sites (tertiary alicyclic amines) is 1. The first-order valence-corrected chi connectivity index (χ1v) is 14.0. The standard InChI is InChI=1S/C29H38N4O5/c1-3-7-24(34)22(14-17-9-6-13-30-27(17)35)32-28(36)26-19-10-4-8-18(19)16-33(26)29(37)23-15-20-21(31-23)11-5-12-25(20)38-2/h5,11-12,15,17-19,22,26,31H,3-4,6-10,13-14,16H2,1-2H3,(H,30,35)(H,32,36)/t17-,18-,19-,22-,26-/m0/s1. The number of aromatic amines is 1. The second-order valence-electron chi connectivity index (χ2n) is 11.0. The molecule has 5 rings (SSSR count). The number of nitrogens with one attached hydrogen (secondary N) is 3. The molecule has 204 valence electrons. The fraction of sp³-hybridized carbons (Fsp3) is 0.586. The Morgan fingerprint density at radius 2 is 2.03 bits per heavy atom. The molecule has 9 heteroatoms. The Labute approximate surface area is 223 Å². The highest BCUT2D eigenvalue weighted by Gasteiger charge is 2.50. The Morgan fingerprint density at radius 3 is 2.79 bits per heavy atom. The number of hydrogen-bond acceptors (Lipinski definition) is 5. The van der Waals surface area contributed by atoms with E-state index in [9.17, 15) is 19.2 Å². The number of nitrogens with zero attached hydrogens (tertiary/aromatic N) is 1. The van der Waals surface area contributed by atoms with Crippen molar-refractivity contribution in [2.45, 2.75) is 70.4 Å². The van der Waals surface area contributed by atoms with E-state index in [1.165, 1.54) is 0 Å². The Kier molecular flexibility index (Phi) is 7.72. The third-order valence-corrected chi connectivity index (χ3v) is 8.62. The van der Waals surface area contributed by atoms with E-state index in [1.807, 2.05) is 25.1 Å². The third-order valence-electron chi connectivity index (χ3n) is 8.62. The smallest absolute Gasteiger partial charge is 0.271 e. The van der Waals surface area contributed by atoms with Gasteiger partial charge in [-0.2, -0.15) is 0 Å². The third kappa shape index (κ3) is 5.02. The molecule has 3 aliphatic rings. The summed E-state index contributed by atoms with van der Waals surface area (Å²) in [4.78, 5) is 58.0. The summed E-state index contributed by atoms with van der Waals surface area (Å²) in [6, 6.07) is 6.02. The molecule has 3 fully saturated rings. The first-order valence-electron chi connectivity index (χ1n) is 14.0. The Balaban J connectivity index is 1.39. The lowest BCUT2D eigenvalue weighted by Gasteiger charge is -2.30. The molecule has 3 heterocycles. The van der Waals surface area contributed by atoms with Crippen LogP contribution in [0.5, 0.6) is 5.75 Å². The fourth-order valence-electron chi connectivity index (χ4n) is 6.72. The number of rotatable bonds is 9. The number of ether oxygens (including phenoxy) is 1. The van der Waals surface area contributed by atoms with Crippen LogP contribution in [0.1, 0.15) is 68.8 Å². The molecule has 0 radical (unpaired) electrons. The van der Waals surface area contributed by atoms with E-state index in [0.717, 1.165) is 36.6 Å². The molecule has 1 aromatic heterocycles. The maximum atomic E-state index is 13.9. The second kappa shape index (κ2) is 11.2. The van der Waals surface area contributed by atoms with E-state index in [-0.39, 0.29) is 41.3 Å². The first kappa shape index (κ1) is 26.3. The van der Waals surface area contributed by atoms with Crippen LogP contribution in [0.2, 0.25) is 0 Å². The van der Waals surface area contributed by atoms with Gasteiger partial charge >= 0.3 is 0 Å². The van der Waals surface area contributed by atoms with Crippen molar-refractivity contribution in [1.29, 1.82) is 0 Å². The summed E-state index contributed by atoms with van der Waals surface area (Å²) in [5, 5.41) is 6.71. The van der Waals surface area contributed by atoms with Crippen molar-refractivity contribution < 1.29 is 23.9 Å². The van der Waals surface area contributed by atoms with Crippen LogP contribution in [0.15, 0.2) is 24.3 Å². The van der Waals surface area contributed by atoms with Crippen molar-refractivity contribution in [2.24, 2.45) is 17.8 Å². The Morgan fingerprint density at radius 1 is 1.18 bits per heavy atom. The molecule has 0 unspecified atom stereocenters. The summed E-state index contributed by atoms with van der Waals surface area (Å²) >= 11 is 0. The predicted octanol–water partition coefficient (Wildman–Crippen LogP) is 3.19. The summed E-state index contributed by atoms with van der Waals surface area (Å²) in [7, 11) is 1.60. The molecule has 3 amide bonds. The number of ketones is 1. The lowest BCUT2D eigenvalue weighted by molar-refractivity contribution is -0.133. The second-order valence-corrected chi connectivity index (χ2v) is 11.0. The number of carbonyl (C=O) groups excluding carboxylic acids is 4. The predicted molar refractivity (Wildman–Crippen MR) is 143 cm³/mol. The molecule has 2 aliphatic heterocycles. The molecule has 5 atom stereocenters. The van der Waals surface area contributed by atoms with Crippen molar-refractivity contribution in [3.63, 3.8) is 0 Å². The highest BCUT2D eigenvalue weighted by atomic mass is 16.5. The molecular formula is C29H38N4O5. The van der Waals surface area contributed by atoms with Gasteiger partial charge in [0.15, 0.2) is 5.78 Å². The van der Waals surface area contributed by atoms with E-state index in [4.69, 9.17) is 4.74 Å². The fourth-order valence-corrected chi connectivity index (χ4v) is 6.72. The van der Waals surface area contributed by atoms with Gasteiger partial charge in [0.2, 0.25) is 11.8 Å². The van der Waals surface area contributed by atoms with Gasteiger partial charge in [-0.05, 0) is 68.6 Å². The number of methoxy groups -OCH3 is 1. The van der Waals surface area contributed by atoms with Crippen molar-refractivity contribution >= 4 is 34.4 Å². The van der Waals surface area contributed by atoms with E-state index in [2.05, 4.69) is 15.6 Å². The highest BCUT2D eigenvalue weighted by molar-refractivity contribution is 6.02. The number of carbonyl (C=O) groups is 4. The molecule has 9 nitrogen and oxygen atoms in total. The van der Waals surface area contributed by atoms with Crippen LogP contribution in [0.25, 0.3) is 10.9 Å². The lowest BCUT2D eigenvalue weighted by Crippen LogP contribution is -2.53. The lowest BCUT2D eigenvalue weighted by atomic mass is 9.88. The molecule has 38 heavy (non-hydrogen) atoms. The number of fused-ring (bicyclic) bond motifs is 2. The zero-order valence-corrected chi connectivity index (χ0v) is 22.3. The summed E-state index contributed by atoms with van der Waals surface area (Å²) in [6.07, 6.45) is 5.78. The van der Waals surface area contributed by atoms with Crippen molar-refractivity contribution in [2.75, 3.05) is 20.2 Å². The van der Waals surface area contributed by atoms with Gasteiger partial charge in [-0.15, -0.1) is 0 Å². The molecule has 0 spiro atoms. The quantitative estimate of drug-likeness (QED) is 0.467. The number of aromatic nitrogens is 1. The van der Waals surface area contributed by atoms with Gasteiger partial charge in [-0.25, -0.2) is 0 Å². The van der Waals surface area contributed by atoms with E-state index < -0.39 is 12.1 Å². The average Bonchev–Trinajstić information content (AvgIpc) is 3.63. The number of Topliss-reactive ketones (excluding diaryl/α,β-unsaturated/α-hetero) is 1. The molecule has 1 aliphatic carbocycles. The van der Waals surface area contributed by atoms with Crippen LogP contribution < -0.4 is 15.4 Å². The summed E-state index contributed by atoms with van der Waals surface area (Å²) in [6.45, 7) is 3.10. The number of H-pyrrole nitrogens is 1. The number of benzene rings is 1. The zero-order valence-electron chi connectivity index (χ0n) is 22.3. The minimum Gasteiger partial charge on any atom is -0.496 e. The van der Waals surface area contributed by atoms with Gasteiger partial charge in [0.05, 0.1) is 13.2 Å². The summed E-state index contributed by atoms with van der Waals surface area (Å²) < 4.78 is 5.45. The molecule has 2 saturated heterocycles. The molecule has 1 saturated carbocycles. The van der Waals surface area contributed by atoms with Crippen molar-refractivity contribution in [1.82, 2.24) is 20.5 Å². The van der Waals surface area contributed by atoms with Gasteiger partial charge in [0, 0.05) is 36.3 Å². The van der Waals surface area contributed by atoms with Gasteiger partial charge in [0.25, 0.3) is 5.91 Å². The molecule has 1 aromatic carbocycles. The van der Waals surface area contributed by atoms with Crippen LogP contribution in [0.4, 0.5) is 0 Å². The van der Waals surface area contributed by atoms with Crippen molar-refractivity contribution in [3.05, 3.63) is 30.0 Å². The Bertz CT molecular complexity index is 1220. The van der Waals surface area contributed by atoms with Crippen LogP contribution in [0.3, 0.4) is 0 Å². The summed E-state index contributed by atoms with van der Waals surface area (Å²) in [5.74, 6) is 0.0998. The van der Waals surface area contributed by atoms with Gasteiger partial charge in [0.1, 0.15) is 17.5 Å². The SMILES string of the molecule is CCCC(=O)[C@H](C[C@@H]1CCCNC1=O)NC(=O)[C@@H]1[C@H]2CCC[C@H]2CN1C(=O)c1cc2c(OC)cccc2[nH]1. The average molecular weight is 523 g/mol. The Hall–Kier alpha value is -3.36. The molecular weight excluding hydrogens is 484 g/mol. The molecule has 0 bridgehead atoms. The van der Waals surface area contributed by atoms with Crippen LogP contribution in [-0.2, 0) is 14.4 Å². The monoisotopic (exact) mass is 522 g/mol. The highest BCUT2D eigenvalue weighted by Crippen LogP contribution is 2.43. The maximum absolute atomic E-state index is 13.9. The van der Waals surface area contributed by atoms with Gasteiger partial charge in [-0.1, -0.05) is 19.4 Å². The number of hydrogen-bond donors (Lipinski definition) is 3. The van der Waals surface area contributed by atoms with E-state index in [0.29, 0.717) is 50.2 Å². The normalized spacial score (nSPS) is 25.6. The number of amides is 3. The van der Waals surface area contributed by atoms with Crippen LogP contribution in [0, 0.1) is 17.8 Å². The molecule has 2 aromatic rings. The maximum Gasteiger partial charge on any atom is 0.271 e. The van der Waals surface area contributed by atoms with Crippen molar-refractivity contribution in [3.8, 4) is 5.75 Å². The minimum atomic E-state index is -0.731. The number of piperidine rings is 1. The molecule has 3 N–H and O–H groups in total. The van der Waals surface area contributed by atoms with E-state index in [1.54, 1.807) is 18.1 Å². The zero-order chi connectivity index (χ0) is 26.8. The largest absolute Gasteiger partial charge is 0.496 e. The minimum absolute atomic E-state index is 0.0532. The van der Waals surface area contributed by atoms with Crippen LogP contribution in [-0.4, -0.2) is 65.7 Å². The first-order chi connectivity index (χ1) is 18.4. The van der Waals surface area contributed by atoms with Crippen LogP contribution >= 0.6 is 0 Å². The topological polar surface area (TPSA) is 121 Å². The van der Waals surface area contributed by atoms with Gasteiger partial charge in [-0.3, -0.25) is 19.2 Å². The van der Waals surface area contributed by atoms with E-state index >= 15 is 0 Å². The summed E-state index contributed by atoms with van der Waals surface area (Å²) in [5.41, 5.74) is 1.21. The van der Waals surface area contributed by atoms with Gasteiger partial charge < -0.3 is 25.3 Å².